The van der Waals surface area contributed by atoms with E-state index in [1.807, 2.05) is 30.5 Å². The number of carboxylic acids is 1. The number of nitrogens with two attached hydrogens (primary N) is 1. The van der Waals surface area contributed by atoms with Gasteiger partial charge in [-0.2, -0.15) is 0 Å². The van der Waals surface area contributed by atoms with E-state index in [-0.39, 0.29) is 29.8 Å². The first kappa shape index (κ1) is 28.4. The topological polar surface area (TPSA) is 166 Å². The number of nitrogens with one attached hydrogen (secondary N) is 4. The molecule has 1 aliphatic heterocycles. The second kappa shape index (κ2) is 12.2. The van der Waals surface area contributed by atoms with Crippen LogP contribution in [0.25, 0.3) is 22.0 Å². The first-order valence-corrected chi connectivity index (χ1v) is 13.9. The molecule has 10 nitrogen and oxygen atoms in total. The Bertz CT molecular complexity index is 1710. The van der Waals surface area contributed by atoms with Gasteiger partial charge in [0.05, 0.1) is 19.2 Å². The van der Waals surface area contributed by atoms with Crippen LogP contribution < -0.4 is 21.1 Å². The van der Waals surface area contributed by atoms with E-state index >= 15 is 0 Å². The number of carbonyl (C=O) groups excluding carboxylic acids is 1. The van der Waals surface area contributed by atoms with Crippen LogP contribution in [0, 0.1) is 5.41 Å². The number of amidine groups is 2. The first-order valence-electron chi connectivity index (χ1n) is 13.9. The van der Waals surface area contributed by atoms with E-state index in [4.69, 9.17) is 15.9 Å². The maximum absolute atomic E-state index is 13.3. The van der Waals surface area contributed by atoms with Crippen LogP contribution in [-0.4, -0.2) is 60.4 Å². The number of aromatic carboxylic acids is 1. The Morgan fingerprint density at radius 1 is 1.10 bits per heavy atom. The van der Waals surface area contributed by atoms with E-state index in [9.17, 15) is 14.7 Å². The molecule has 1 amide bonds. The highest BCUT2D eigenvalue weighted by molar-refractivity contribution is 6.02. The molecule has 0 saturated carbocycles. The molecule has 0 aliphatic carbocycles. The van der Waals surface area contributed by atoms with E-state index in [1.54, 1.807) is 24.3 Å². The van der Waals surface area contributed by atoms with Crippen molar-refractivity contribution >= 4 is 34.5 Å². The van der Waals surface area contributed by atoms with Crippen LogP contribution in [-0.2, 0) is 0 Å². The van der Waals surface area contributed by atoms with Crippen molar-refractivity contribution in [3.63, 3.8) is 0 Å². The number of carboxylic acid groups (broad SMARTS) is 1. The summed E-state index contributed by atoms with van der Waals surface area (Å²) in [4.78, 5) is 33.4. The fourth-order valence-corrected chi connectivity index (χ4v) is 5.47. The number of methoxy groups -OCH3 is 1. The highest BCUT2D eigenvalue weighted by Crippen LogP contribution is 2.40. The molecular weight excluding hydrogens is 532 g/mol. The van der Waals surface area contributed by atoms with Gasteiger partial charge >= 0.3 is 5.97 Å². The minimum absolute atomic E-state index is 0.0108. The number of amides is 1. The predicted molar refractivity (Wildman–Crippen MR) is 164 cm³/mol. The summed E-state index contributed by atoms with van der Waals surface area (Å²) in [5, 5.41) is 25.0. The minimum atomic E-state index is -1.09. The van der Waals surface area contributed by atoms with Gasteiger partial charge in [-0.25, -0.2) is 4.79 Å². The van der Waals surface area contributed by atoms with Gasteiger partial charge in [-0.3, -0.25) is 15.2 Å². The SMILES string of the molecule is CCC(c1ccc(C(=O)NCC2=NCCCN2)cc1-c1ccc(OC)cc1C(=O)O)c1c[nH]c2cc(C(=N)N)ccc12. The van der Waals surface area contributed by atoms with Crippen molar-refractivity contribution in [1.29, 1.82) is 5.41 Å². The largest absolute Gasteiger partial charge is 0.497 e. The van der Waals surface area contributed by atoms with Crippen molar-refractivity contribution in [3.05, 3.63) is 88.6 Å². The fraction of sp³-hybridized carbons (Fsp3) is 0.250. The number of aromatic amines is 1. The lowest BCUT2D eigenvalue weighted by Gasteiger charge is -2.22. The number of nitrogen functional groups attached to an aromatic ring is 1. The number of aromatic nitrogens is 1. The summed E-state index contributed by atoms with van der Waals surface area (Å²) in [6.45, 7) is 3.91. The molecule has 3 aromatic carbocycles. The van der Waals surface area contributed by atoms with Gasteiger partial charge in [-0.05, 0) is 71.5 Å². The van der Waals surface area contributed by atoms with Gasteiger partial charge < -0.3 is 31.2 Å². The van der Waals surface area contributed by atoms with Crippen LogP contribution in [0.4, 0.5) is 0 Å². The van der Waals surface area contributed by atoms with Crippen molar-refractivity contribution < 1.29 is 19.4 Å². The summed E-state index contributed by atoms with van der Waals surface area (Å²) >= 11 is 0. The van der Waals surface area contributed by atoms with E-state index in [0.29, 0.717) is 34.4 Å². The quantitative estimate of drug-likeness (QED) is 0.122. The number of H-pyrrole nitrogens is 1. The van der Waals surface area contributed by atoms with Crippen molar-refractivity contribution in [2.75, 3.05) is 26.7 Å². The number of nitrogens with zero attached hydrogens (tertiary/aromatic N) is 1. The third-order valence-electron chi connectivity index (χ3n) is 7.63. The average molecular weight is 567 g/mol. The molecule has 1 unspecified atom stereocenters. The number of benzene rings is 3. The van der Waals surface area contributed by atoms with Crippen molar-refractivity contribution in [3.8, 4) is 16.9 Å². The molecule has 1 aliphatic rings. The third-order valence-corrected chi connectivity index (χ3v) is 7.63. The van der Waals surface area contributed by atoms with Crippen LogP contribution in [0.5, 0.6) is 5.75 Å². The molecule has 0 saturated heterocycles. The number of rotatable bonds is 10. The van der Waals surface area contributed by atoms with Gasteiger partial charge in [0, 0.05) is 47.2 Å². The molecule has 0 fully saturated rings. The van der Waals surface area contributed by atoms with E-state index in [2.05, 4.69) is 27.5 Å². The summed E-state index contributed by atoms with van der Waals surface area (Å²) < 4.78 is 5.31. The Labute approximate surface area is 243 Å². The summed E-state index contributed by atoms with van der Waals surface area (Å²) in [6.07, 6.45) is 3.62. The number of carbonyl (C=O) groups is 2. The molecule has 42 heavy (non-hydrogen) atoms. The Balaban J connectivity index is 1.62. The van der Waals surface area contributed by atoms with Gasteiger partial charge in [0.15, 0.2) is 0 Å². The van der Waals surface area contributed by atoms with Crippen molar-refractivity contribution in [2.45, 2.75) is 25.7 Å². The summed E-state index contributed by atoms with van der Waals surface area (Å²) in [7, 11) is 1.49. The van der Waals surface area contributed by atoms with Crippen LogP contribution in [0.15, 0.2) is 65.8 Å². The lowest BCUT2D eigenvalue weighted by molar-refractivity contribution is 0.0697. The molecule has 0 bridgehead atoms. The number of ether oxygens (including phenoxy) is 1. The monoisotopic (exact) mass is 566 g/mol. The minimum Gasteiger partial charge on any atom is -0.497 e. The van der Waals surface area contributed by atoms with Gasteiger partial charge in [0.25, 0.3) is 5.91 Å². The van der Waals surface area contributed by atoms with Gasteiger partial charge in [-0.15, -0.1) is 0 Å². The molecule has 2 heterocycles. The molecule has 0 radical (unpaired) electrons. The highest BCUT2D eigenvalue weighted by Gasteiger charge is 2.24. The zero-order valence-electron chi connectivity index (χ0n) is 23.6. The van der Waals surface area contributed by atoms with E-state index in [1.165, 1.54) is 13.2 Å². The Morgan fingerprint density at radius 2 is 1.90 bits per heavy atom. The molecule has 216 valence electrons. The molecular formula is C32H34N6O4. The molecule has 10 heteroatoms. The average Bonchev–Trinajstić information content (AvgIpc) is 3.43. The number of aliphatic imine (C=N–C) groups is 1. The van der Waals surface area contributed by atoms with Crippen molar-refractivity contribution in [1.82, 2.24) is 15.6 Å². The number of hydrogen-bond donors (Lipinski definition) is 6. The second-order valence-corrected chi connectivity index (χ2v) is 10.2. The highest BCUT2D eigenvalue weighted by atomic mass is 16.5. The zero-order chi connectivity index (χ0) is 29.8. The smallest absolute Gasteiger partial charge is 0.336 e. The standard InChI is InChI=1S/C32H34N6O4/c1-3-21(27-16-37-28-14-18(30(33)34)5-9-24(27)28)22-8-6-19(31(39)38-17-29-35-11-4-12-36-29)13-25(22)23-10-7-20(42-2)15-26(23)32(40)41/h5-10,13-16,21,37H,3-4,11-12,17H2,1-2H3,(H3,33,34)(H,35,36)(H,38,39)(H,40,41). The number of fused-ring (bicyclic) bond motifs is 1. The lowest BCUT2D eigenvalue weighted by Crippen LogP contribution is -2.39. The maximum atomic E-state index is 13.3. The summed E-state index contributed by atoms with van der Waals surface area (Å²) in [6, 6.07) is 16.0. The van der Waals surface area contributed by atoms with Gasteiger partial charge in [0.1, 0.15) is 17.4 Å². The Kier molecular flexibility index (Phi) is 8.24. The molecule has 0 spiro atoms. The summed E-state index contributed by atoms with van der Waals surface area (Å²) in [5.41, 5.74) is 10.7. The first-order chi connectivity index (χ1) is 20.3. The molecule has 7 N–H and O–H groups in total. The van der Waals surface area contributed by atoms with Crippen LogP contribution in [0.3, 0.4) is 0 Å². The van der Waals surface area contributed by atoms with Crippen LogP contribution in [0.1, 0.15) is 63.1 Å². The second-order valence-electron chi connectivity index (χ2n) is 10.2. The van der Waals surface area contributed by atoms with Gasteiger partial charge in [0.2, 0.25) is 0 Å². The summed E-state index contributed by atoms with van der Waals surface area (Å²) in [5.74, 6) is -0.338. The molecule has 1 atom stereocenters. The lowest BCUT2D eigenvalue weighted by atomic mass is 9.82. The molecule has 1 aromatic heterocycles. The maximum Gasteiger partial charge on any atom is 0.336 e. The van der Waals surface area contributed by atoms with Gasteiger partial charge in [-0.1, -0.05) is 25.1 Å². The van der Waals surface area contributed by atoms with Crippen LogP contribution >= 0.6 is 0 Å². The van der Waals surface area contributed by atoms with E-state index in [0.717, 1.165) is 47.4 Å². The van der Waals surface area contributed by atoms with Crippen LogP contribution in [0.2, 0.25) is 0 Å². The zero-order valence-corrected chi connectivity index (χ0v) is 23.6. The third kappa shape index (κ3) is 5.69. The Morgan fingerprint density at radius 3 is 2.60 bits per heavy atom. The fourth-order valence-electron chi connectivity index (χ4n) is 5.47. The molecule has 4 aromatic rings. The normalized spacial score (nSPS) is 13.6. The molecule has 5 rings (SSSR count). The number of hydrogen-bond acceptors (Lipinski definition) is 6. The van der Waals surface area contributed by atoms with E-state index < -0.39 is 5.97 Å². The Hall–Kier alpha value is -5.12. The predicted octanol–water partition coefficient (Wildman–Crippen LogP) is 4.49. The van der Waals surface area contributed by atoms with Crippen molar-refractivity contribution in [2.24, 2.45) is 10.7 Å².